The maximum absolute atomic E-state index is 5.21. The molecule has 2 nitrogen and oxygen atoms in total. The number of aryl methyl sites for hydroxylation is 2. The van der Waals surface area contributed by atoms with Crippen LogP contribution in [0.3, 0.4) is 0 Å². The Morgan fingerprint density at radius 3 is 3.00 bits per heavy atom. The van der Waals surface area contributed by atoms with Crippen molar-refractivity contribution < 1.29 is 4.74 Å². The first kappa shape index (κ1) is 8.70. The van der Waals surface area contributed by atoms with Crippen LogP contribution in [-0.4, -0.2) is 17.7 Å². The second kappa shape index (κ2) is 3.46. The van der Waals surface area contributed by atoms with E-state index in [1.807, 2.05) is 6.20 Å². The molecule has 2 heteroatoms. The lowest BCUT2D eigenvalue weighted by molar-refractivity contribution is 0.407. The zero-order valence-electron chi connectivity index (χ0n) is 8.21. The van der Waals surface area contributed by atoms with Crippen LogP contribution in [0.2, 0.25) is 0 Å². The van der Waals surface area contributed by atoms with Crippen molar-refractivity contribution in [2.45, 2.75) is 32.8 Å². The van der Waals surface area contributed by atoms with Gasteiger partial charge in [0.15, 0.2) is 0 Å². The van der Waals surface area contributed by atoms with Crippen molar-refractivity contribution in [2.24, 2.45) is 0 Å². The molecule has 0 aromatic carbocycles. The number of epoxide rings is 1. The fourth-order valence-corrected chi connectivity index (χ4v) is 1.46. The summed E-state index contributed by atoms with van der Waals surface area (Å²) in [5.74, 6) is 0. The third-order valence-electron chi connectivity index (χ3n) is 2.51. The summed E-state index contributed by atoms with van der Waals surface area (Å²) in [6.07, 6.45) is 4.53. The Morgan fingerprint density at radius 2 is 2.38 bits per heavy atom. The molecule has 2 rings (SSSR count). The molecule has 1 saturated heterocycles. The van der Waals surface area contributed by atoms with Crippen LogP contribution in [0.4, 0.5) is 0 Å². The van der Waals surface area contributed by atoms with E-state index in [2.05, 4.69) is 24.9 Å². The Bertz CT molecular complexity index is 305. The molecule has 0 radical (unpaired) electrons. The molecule has 1 atom stereocenters. The van der Waals surface area contributed by atoms with Gasteiger partial charge in [-0.15, -0.1) is 0 Å². The number of aromatic nitrogens is 1. The number of hydrogen-bond acceptors (Lipinski definition) is 2. The highest BCUT2D eigenvalue weighted by atomic mass is 16.6. The Balaban J connectivity index is 2.19. The van der Waals surface area contributed by atoms with Crippen molar-refractivity contribution in [1.29, 1.82) is 0 Å². The van der Waals surface area contributed by atoms with Crippen LogP contribution in [0.15, 0.2) is 12.3 Å². The molecule has 0 bridgehead atoms. The van der Waals surface area contributed by atoms with Crippen molar-refractivity contribution in [3.8, 4) is 0 Å². The molecule has 0 saturated carbocycles. The quantitative estimate of drug-likeness (QED) is 0.659. The highest BCUT2D eigenvalue weighted by molar-refractivity contribution is 5.25. The topological polar surface area (TPSA) is 25.4 Å². The van der Waals surface area contributed by atoms with Crippen molar-refractivity contribution >= 4 is 0 Å². The molecule has 1 aromatic rings. The van der Waals surface area contributed by atoms with Crippen LogP contribution in [0.25, 0.3) is 0 Å². The fraction of sp³-hybridized carbons (Fsp3) is 0.545. The first-order chi connectivity index (χ1) is 6.29. The summed E-state index contributed by atoms with van der Waals surface area (Å²) in [6.45, 7) is 5.15. The Morgan fingerprint density at radius 1 is 1.62 bits per heavy atom. The Kier molecular flexibility index (Phi) is 2.32. The van der Waals surface area contributed by atoms with Gasteiger partial charge in [0, 0.05) is 18.3 Å². The van der Waals surface area contributed by atoms with Gasteiger partial charge in [0.1, 0.15) is 0 Å². The summed E-state index contributed by atoms with van der Waals surface area (Å²) < 4.78 is 5.21. The van der Waals surface area contributed by atoms with Crippen molar-refractivity contribution in [2.75, 3.05) is 6.61 Å². The number of hydrogen-bond donors (Lipinski definition) is 0. The monoisotopic (exact) mass is 177 g/mol. The van der Waals surface area contributed by atoms with Gasteiger partial charge < -0.3 is 4.74 Å². The highest BCUT2D eigenvalue weighted by Gasteiger charge is 2.23. The van der Waals surface area contributed by atoms with Gasteiger partial charge in [-0.05, 0) is 24.5 Å². The second-order valence-electron chi connectivity index (χ2n) is 3.60. The van der Waals surface area contributed by atoms with Gasteiger partial charge in [0.05, 0.1) is 12.7 Å². The lowest BCUT2D eigenvalue weighted by atomic mass is 10.1. The first-order valence-electron chi connectivity index (χ1n) is 4.85. The Hall–Kier alpha value is -0.890. The molecule has 1 fully saturated rings. The van der Waals surface area contributed by atoms with E-state index in [9.17, 15) is 0 Å². The average Bonchev–Trinajstić information content (AvgIpc) is 2.93. The molecule has 1 aromatic heterocycles. The molecule has 2 heterocycles. The van der Waals surface area contributed by atoms with Gasteiger partial charge in [0.2, 0.25) is 0 Å². The molecule has 0 aliphatic carbocycles. The van der Waals surface area contributed by atoms with E-state index in [4.69, 9.17) is 4.74 Å². The molecule has 0 N–H and O–H groups in total. The van der Waals surface area contributed by atoms with E-state index >= 15 is 0 Å². The minimum Gasteiger partial charge on any atom is -0.373 e. The van der Waals surface area contributed by atoms with E-state index in [1.165, 1.54) is 11.1 Å². The van der Waals surface area contributed by atoms with Crippen molar-refractivity contribution in [1.82, 2.24) is 4.98 Å². The van der Waals surface area contributed by atoms with Gasteiger partial charge in [-0.2, -0.15) is 0 Å². The predicted molar refractivity (Wildman–Crippen MR) is 51.8 cm³/mol. The van der Waals surface area contributed by atoms with Crippen LogP contribution >= 0.6 is 0 Å². The van der Waals surface area contributed by atoms with Crippen LogP contribution in [0.1, 0.15) is 23.7 Å². The maximum Gasteiger partial charge on any atom is 0.0850 e. The lowest BCUT2D eigenvalue weighted by Crippen LogP contribution is -1.99. The van der Waals surface area contributed by atoms with E-state index in [0.29, 0.717) is 6.10 Å². The molecule has 70 valence electrons. The smallest absolute Gasteiger partial charge is 0.0850 e. The molecule has 1 aliphatic rings. The maximum atomic E-state index is 5.21. The molecule has 1 unspecified atom stereocenters. The van der Waals surface area contributed by atoms with E-state index in [-0.39, 0.29) is 0 Å². The molecule has 0 amide bonds. The highest BCUT2D eigenvalue weighted by Crippen LogP contribution is 2.18. The van der Waals surface area contributed by atoms with E-state index in [0.717, 1.165) is 25.1 Å². The van der Waals surface area contributed by atoms with Crippen LogP contribution in [-0.2, 0) is 17.6 Å². The third kappa shape index (κ3) is 2.07. The van der Waals surface area contributed by atoms with Gasteiger partial charge >= 0.3 is 0 Å². The number of rotatable bonds is 3. The summed E-state index contributed by atoms with van der Waals surface area (Å²) in [4.78, 5) is 4.38. The van der Waals surface area contributed by atoms with Gasteiger partial charge in [-0.1, -0.05) is 13.0 Å². The largest absolute Gasteiger partial charge is 0.373 e. The summed E-state index contributed by atoms with van der Waals surface area (Å²) in [7, 11) is 0. The average molecular weight is 177 g/mol. The fourth-order valence-electron chi connectivity index (χ4n) is 1.46. The van der Waals surface area contributed by atoms with Crippen LogP contribution in [0.5, 0.6) is 0 Å². The summed E-state index contributed by atoms with van der Waals surface area (Å²) in [5, 5.41) is 0. The summed E-state index contributed by atoms with van der Waals surface area (Å²) in [6, 6.07) is 2.25. The minimum absolute atomic E-state index is 0.465. The second-order valence-corrected chi connectivity index (χ2v) is 3.60. The minimum atomic E-state index is 0.465. The van der Waals surface area contributed by atoms with Crippen molar-refractivity contribution in [3.63, 3.8) is 0 Å². The third-order valence-corrected chi connectivity index (χ3v) is 2.51. The lowest BCUT2D eigenvalue weighted by Gasteiger charge is -2.04. The van der Waals surface area contributed by atoms with Gasteiger partial charge in [-0.25, -0.2) is 0 Å². The number of nitrogens with zero attached hydrogens (tertiary/aromatic N) is 1. The molecule has 1 aliphatic heterocycles. The normalized spacial score (nSPS) is 20.3. The van der Waals surface area contributed by atoms with Gasteiger partial charge in [0.25, 0.3) is 0 Å². The number of pyridine rings is 1. The molecule has 0 spiro atoms. The van der Waals surface area contributed by atoms with Gasteiger partial charge in [-0.3, -0.25) is 4.98 Å². The number of ether oxygens (including phenoxy) is 1. The molecule has 13 heavy (non-hydrogen) atoms. The van der Waals surface area contributed by atoms with E-state index in [1.54, 1.807) is 0 Å². The predicted octanol–water partition coefficient (Wildman–Crippen LogP) is 1.89. The van der Waals surface area contributed by atoms with Crippen LogP contribution < -0.4 is 0 Å². The standard InChI is InChI=1S/C11H15NO/c1-3-9-4-10(5-11-7-13-11)8(2)12-6-9/h4,6,11H,3,5,7H2,1-2H3. The molecular weight excluding hydrogens is 162 g/mol. The Labute approximate surface area is 78.9 Å². The summed E-state index contributed by atoms with van der Waals surface area (Å²) in [5.41, 5.74) is 3.82. The zero-order chi connectivity index (χ0) is 9.26. The molecular formula is C11H15NO. The SMILES string of the molecule is CCc1cnc(C)c(CC2CO2)c1. The van der Waals surface area contributed by atoms with Crippen molar-refractivity contribution in [3.05, 3.63) is 29.1 Å². The zero-order valence-corrected chi connectivity index (χ0v) is 8.21. The first-order valence-corrected chi connectivity index (χ1v) is 4.85. The van der Waals surface area contributed by atoms with E-state index < -0.39 is 0 Å². The summed E-state index contributed by atoms with van der Waals surface area (Å²) >= 11 is 0. The van der Waals surface area contributed by atoms with Crippen LogP contribution in [0, 0.1) is 6.92 Å².